The van der Waals surface area contributed by atoms with Crippen molar-refractivity contribution in [1.82, 2.24) is 4.90 Å². The lowest BCUT2D eigenvalue weighted by Gasteiger charge is -2.22. The van der Waals surface area contributed by atoms with E-state index in [9.17, 15) is 9.59 Å². The maximum Gasteiger partial charge on any atom is 0.307 e. The molecule has 1 saturated carbocycles. The molecule has 1 heterocycles. The molecule has 1 N–H and O–H groups in total. The lowest BCUT2D eigenvalue weighted by Crippen LogP contribution is -2.32. The molecule has 0 aliphatic heterocycles. The van der Waals surface area contributed by atoms with Gasteiger partial charge in [-0.25, -0.2) is 0 Å². The van der Waals surface area contributed by atoms with Crippen molar-refractivity contribution in [3.63, 3.8) is 0 Å². The number of benzene rings is 1. The van der Waals surface area contributed by atoms with Gasteiger partial charge in [-0.05, 0) is 42.5 Å². The molecular weight excluding hydrogens is 366 g/mol. The van der Waals surface area contributed by atoms with Gasteiger partial charge in [0, 0.05) is 18.0 Å². The van der Waals surface area contributed by atoms with Crippen LogP contribution >= 0.6 is 11.3 Å². The molecule has 1 fully saturated rings. The summed E-state index contributed by atoms with van der Waals surface area (Å²) in [6.07, 6.45) is 0.434. The van der Waals surface area contributed by atoms with E-state index in [-0.39, 0.29) is 5.91 Å². The molecule has 0 radical (unpaired) electrons. The summed E-state index contributed by atoms with van der Waals surface area (Å²) in [6, 6.07) is 9.61. The molecule has 7 heteroatoms. The van der Waals surface area contributed by atoms with Gasteiger partial charge < -0.3 is 19.5 Å². The predicted molar refractivity (Wildman–Crippen MR) is 102 cm³/mol. The minimum Gasteiger partial charge on any atom is -0.493 e. The topological polar surface area (TPSA) is 76.1 Å². The molecule has 2 atom stereocenters. The van der Waals surface area contributed by atoms with Gasteiger partial charge in [0.1, 0.15) is 6.61 Å². The van der Waals surface area contributed by atoms with E-state index < -0.39 is 17.8 Å². The van der Waals surface area contributed by atoms with Crippen molar-refractivity contribution in [1.29, 1.82) is 0 Å². The maximum absolute atomic E-state index is 12.5. The van der Waals surface area contributed by atoms with Crippen molar-refractivity contribution >= 4 is 23.2 Å². The van der Waals surface area contributed by atoms with Crippen molar-refractivity contribution < 1.29 is 24.2 Å². The first kappa shape index (κ1) is 19.2. The summed E-state index contributed by atoms with van der Waals surface area (Å²) in [7, 11) is 1.58. The second-order valence-corrected chi connectivity index (χ2v) is 7.52. The van der Waals surface area contributed by atoms with Crippen LogP contribution in [0.5, 0.6) is 11.5 Å². The fraction of sp³-hybridized carbons (Fsp3) is 0.400. The Bertz CT molecular complexity index is 805. The number of hydrogen-bond acceptors (Lipinski definition) is 5. The molecular formula is C20H23NO5S. The van der Waals surface area contributed by atoms with Gasteiger partial charge in [-0.3, -0.25) is 9.59 Å². The van der Waals surface area contributed by atoms with Crippen LogP contribution in [0.15, 0.2) is 35.7 Å². The number of nitrogens with zero attached hydrogens (tertiary/aromatic N) is 1. The Hall–Kier alpha value is -2.54. The fourth-order valence-electron chi connectivity index (χ4n) is 3.01. The van der Waals surface area contributed by atoms with Crippen LogP contribution in [-0.2, 0) is 22.7 Å². The van der Waals surface area contributed by atoms with Crippen molar-refractivity contribution in [3.8, 4) is 11.5 Å². The van der Waals surface area contributed by atoms with Gasteiger partial charge in [0.25, 0.3) is 0 Å². The summed E-state index contributed by atoms with van der Waals surface area (Å²) in [4.78, 5) is 26.3. The molecule has 3 rings (SSSR count). The summed E-state index contributed by atoms with van der Waals surface area (Å²) in [5.41, 5.74) is 0.915. The summed E-state index contributed by atoms with van der Waals surface area (Å²) in [5, 5.41) is 11.0. The summed E-state index contributed by atoms with van der Waals surface area (Å²) in [6.45, 7) is 3.32. The highest BCUT2D eigenvalue weighted by Crippen LogP contribution is 2.40. The number of aliphatic carboxylic acids is 1. The number of hydrogen-bond donors (Lipinski definition) is 1. The summed E-state index contributed by atoms with van der Waals surface area (Å²) >= 11 is 1.63. The van der Waals surface area contributed by atoms with Crippen LogP contribution < -0.4 is 9.47 Å². The zero-order valence-electron chi connectivity index (χ0n) is 15.4. The van der Waals surface area contributed by atoms with Crippen LogP contribution in [0.1, 0.15) is 23.8 Å². The third kappa shape index (κ3) is 4.60. The fourth-order valence-corrected chi connectivity index (χ4v) is 3.63. The third-order valence-electron chi connectivity index (χ3n) is 4.67. The second kappa shape index (κ2) is 8.43. The van der Waals surface area contributed by atoms with Crippen LogP contribution in [0.3, 0.4) is 0 Å². The van der Waals surface area contributed by atoms with E-state index in [1.54, 1.807) is 23.3 Å². The van der Waals surface area contributed by atoms with Crippen molar-refractivity contribution in [3.05, 3.63) is 46.2 Å². The summed E-state index contributed by atoms with van der Waals surface area (Å²) in [5.74, 6) is -0.647. The van der Waals surface area contributed by atoms with Crippen molar-refractivity contribution in [2.45, 2.75) is 26.5 Å². The molecule has 1 aliphatic carbocycles. The minimum atomic E-state index is -0.890. The maximum atomic E-state index is 12.5. The number of carbonyl (C=O) groups excluding carboxylic acids is 1. The van der Waals surface area contributed by atoms with E-state index in [1.807, 2.05) is 42.6 Å². The Kier molecular flexibility index (Phi) is 6.01. The highest BCUT2D eigenvalue weighted by atomic mass is 32.1. The molecule has 6 nitrogen and oxygen atoms in total. The van der Waals surface area contributed by atoms with Gasteiger partial charge in [-0.1, -0.05) is 12.1 Å². The number of carbonyl (C=O) groups is 2. The molecule has 0 saturated heterocycles. The first-order chi connectivity index (χ1) is 13.0. The van der Waals surface area contributed by atoms with E-state index >= 15 is 0 Å². The molecule has 27 heavy (non-hydrogen) atoms. The number of thiophene rings is 1. The number of ether oxygens (including phenoxy) is 2. The Morgan fingerprint density at radius 1 is 1.26 bits per heavy atom. The minimum absolute atomic E-state index is 0.0955. The van der Waals surface area contributed by atoms with E-state index in [2.05, 4.69) is 0 Å². The van der Waals surface area contributed by atoms with Crippen LogP contribution in [0.2, 0.25) is 0 Å². The molecule has 0 spiro atoms. The highest BCUT2D eigenvalue weighted by molar-refractivity contribution is 7.09. The van der Waals surface area contributed by atoms with Crippen LogP contribution in [-0.4, -0.2) is 35.5 Å². The lowest BCUT2D eigenvalue weighted by molar-refractivity contribution is -0.142. The van der Waals surface area contributed by atoms with Gasteiger partial charge in [0.15, 0.2) is 11.5 Å². The van der Waals surface area contributed by atoms with E-state index in [1.165, 1.54) is 0 Å². The number of amides is 1. The monoisotopic (exact) mass is 389 g/mol. The van der Waals surface area contributed by atoms with Gasteiger partial charge in [0.2, 0.25) is 5.91 Å². The number of rotatable bonds is 9. The van der Waals surface area contributed by atoms with Gasteiger partial charge in [-0.15, -0.1) is 11.3 Å². The van der Waals surface area contributed by atoms with Gasteiger partial charge in [0.05, 0.1) is 18.9 Å². The Labute approximate surface area is 162 Å². The van der Waals surface area contributed by atoms with Crippen LogP contribution in [0.25, 0.3) is 0 Å². The Morgan fingerprint density at radius 3 is 2.67 bits per heavy atom. The zero-order chi connectivity index (χ0) is 19.4. The van der Waals surface area contributed by atoms with E-state index in [0.717, 1.165) is 10.4 Å². The van der Waals surface area contributed by atoms with Gasteiger partial charge in [-0.2, -0.15) is 0 Å². The SMILES string of the molecule is CCN(Cc1ccc(OCc2cccs2)c(OC)c1)C(=O)C1CC1C(=O)O. The largest absolute Gasteiger partial charge is 0.493 e. The normalized spacial score (nSPS) is 18.0. The molecule has 1 aromatic carbocycles. The molecule has 1 aliphatic rings. The molecule has 1 amide bonds. The second-order valence-electron chi connectivity index (χ2n) is 6.49. The average molecular weight is 389 g/mol. The first-order valence-corrected chi connectivity index (χ1v) is 9.75. The number of carboxylic acids is 1. The lowest BCUT2D eigenvalue weighted by atomic mass is 10.1. The highest BCUT2D eigenvalue weighted by Gasteiger charge is 2.49. The zero-order valence-corrected chi connectivity index (χ0v) is 16.2. The first-order valence-electron chi connectivity index (χ1n) is 8.87. The summed E-state index contributed by atoms with van der Waals surface area (Å²) < 4.78 is 11.3. The molecule has 0 bridgehead atoms. The number of carboxylic acid groups (broad SMARTS) is 1. The van der Waals surface area contributed by atoms with E-state index in [0.29, 0.717) is 37.6 Å². The van der Waals surface area contributed by atoms with E-state index in [4.69, 9.17) is 14.6 Å². The van der Waals surface area contributed by atoms with Crippen LogP contribution in [0.4, 0.5) is 0 Å². The van der Waals surface area contributed by atoms with Gasteiger partial charge >= 0.3 is 5.97 Å². The Morgan fingerprint density at radius 2 is 2.07 bits per heavy atom. The number of methoxy groups -OCH3 is 1. The Balaban J connectivity index is 1.65. The molecule has 2 unspecified atom stereocenters. The molecule has 1 aromatic heterocycles. The van der Waals surface area contributed by atoms with Crippen molar-refractivity contribution in [2.24, 2.45) is 11.8 Å². The third-order valence-corrected chi connectivity index (χ3v) is 5.52. The smallest absolute Gasteiger partial charge is 0.307 e. The predicted octanol–water partition coefficient (Wildman–Crippen LogP) is 3.40. The van der Waals surface area contributed by atoms with Crippen molar-refractivity contribution in [2.75, 3.05) is 13.7 Å². The molecule has 144 valence electrons. The van der Waals surface area contributed by atoms with Crippen LogP contribution in [0, 0.1) is 11.8 Å². The molecule has 2 aromatic rings. The quantitative estimate of drug-likeness (QED) is 0.711. The average Bonchev–Trinajstić information content (AvgIpc) is 3.32. The standard InChI is InChI=1S/C20H23NO5S/c1-3-21(19(22)15-10-16(15)20(23)24)11-13-6-7-17(18(9-13)25-2)26-12-14-5-4-8-27-14/h4-9,15-16H,3,10-12H2,1-2H3,(H,23,24).